The van der Waals surface area contributed by atoms with Crippen LogP contribution in [0.25, 0.3) is 0 Å². The number of ether oxygens (including phenoxy) is 1. The molecule has 0 aliphatic rings. The molecule has 1 rings (SSSR count). The molecule has 0 aliphatic heterocycles. The minimum atomic E-state index is -4.38. The lowest BCUT2D eigenvalue weighted by Gasteiger charge is -2.17. The lowest BCUT2D eigenvalue weighted by Crippen LogP contribution is -2.31. The van der Waals surface area contributed by atoms with E-state index in [9.17, 15) is 13.2 Å². The van der Waals surface area contributed by atoms with Crippen molar-refractivity contribution in [1.82, 2.24) is 4.98 Å². The van der Waals surface area contributed by atoms with Gasteiger partial charge in [0.25, 0.3) is 0 Å². The van der Waals surface area contributed by atoms with Gasteiger partial charge in [0.2, 0.25) is 0 Å². The predicted molar refractivity (Wildman–Crippen MR) is 44.8 cm³/mol. The molecule has 0 spiro atoms. The van der Waals surface area contributed by atoms with Crippen molar-refractivity contribution >= 4 is 5.82 Å². The molecular weight excluding hydrogens is 197 g/mol. The minimum Gasteiger partial charge on any atom is -0.481 e. The van der Waals surface area contributed by atoms with Crippen molar-refractivity contribution < 1.29 is 17.9 Å². The van der Waals surface area contributed by atoms with Gasteiger partial charge in [0, 0.05) is 12.3 Å². The molecule has 1 atom stereocenters. The third kappa shape index (κ3) is 2.79. The maximum atomic E-state index is 12.1. The third-order valence-corrected chi connectivity index (χ3v) is 1.53. The number of hydrogen-bond donors (Lipinski definition) is 1. The first kappa shape index (κ1) is 10.6. The Labute approximate surface area is 78.7 Å². The van der Waals surface area contributed by atoms with E-state index < -0.39 is 12.3 Å². The first-order valence-electron chi connectivity index (χ1n) is 3.84. The molecular formula is C8H9F3N2O. The average molecular weight is 206 g/mol. The van der Waals surface area contributed by atoms with Crippen LogP contribution < -0.4 is 10.5 Å². The lowest BCUT2D eigenvalue weighted by atomic mass is 10.3. The van der Waals surface area contributed by atoms with Crippen LogP contribution in [0.2, 0.25) is 0 Å². The van der Waals surface area contributed by atoms with Crippen molar-refractivity contribution in [1.29, 1.82) is 0 Å². The number of aromatic nitrogens is 1. The Bertz CT molecular complexity index is 314. The Balaban J connectivity index is 2.70. The Hall–Kier alpha value is -1.46. The number of hydrogen-bond acceptors (Lipinski definition) is 3. The zero-order chi connectivity index (χ0) is 10.8. The molecule has 0 bridgehead atoms. The van der Waals surface area contributed by atoms with Gasteiger partial charge in [0.05, 0.1) is 0 Å². The fourth-order valence-electron chi connectivity index (χ4n) is 0.772. The van der Waals surface area contributed by atoms with E-state index in [1.165, 1.54) is 18.3 Å². The van der Waals surface area contributed by atoms with Crippen molar-refractivity contribution in [2.24, 2.45) is 0 Å². The first-order valence-corrected chi connectivity index (χ1v) is 3.84. The van der Waals surface area contributed by atoms with Gasteiger partial charge in [-0.2, -0.15) is 13.2 Å². The third-order valence-electron chi connectivity index (χ3n) is 1.53. The molecule has 0 aliphatic carbocycles. The normalized spacial score (nSPS) is 13.7. The Morgan fingerprint density at radius 2 is 2.14 bits per heavy atom. The highest BCUT2D eigenvalue weighted by atomic mass is 19.4. The standard InChI is InChI=1S/C8H9F3N2O/c1-5(8(9,10)11)14-6-2-3-13-7(12)4-6/h2-5H,1H3,(H2,12,13). The maximum absolute atomic E-state index is 12.1. The number of halogens is 3. The summed E-state index contributed by atoms with van der Waals surface area (Å²) >= 11 is 0. The van der Waals surface area contributed by atoms with E-state index >= 15 is 0 Å². The number of pyridine rings is 1. The summed E-state index contributed by atoms with van der Waals surface area (Å²) in [5, 5.41) is 0. The van der Waals surface area contributed by atoms with Crippen LogP contribution in [0.3, 0.4) is 0 Å². The second kappa shape index (κ2) is 3.73. The molecule has 1 unspecified atom stereocenters. The fourth-order valence-corrected chi connectivity index (χ4v) is 0.772. The van der Waals surface area contributed by atoms with Gasteiger partial charge in [0.15, 0.2) is 6.10 Å². The summed E-state index contributed by atoms with van der Waals surface area (Å²) in [7, 11) is 0. The van der Waals surface area contributed by atoms with Crippen molar-refractivity contribution in [3.05, 3.63) is 18.3 Å². The number of nitrogens with zero attached hydrogens (tertiary/aromatic N) is 1. The lowest BCUT2D eigenvalue weighted by molar-refractivity contribution is -0.189. The summed E-state index contributed by atoms with van der Waals surface area (Å²) in [6.45, 7) is 0.927. The largest absolute Gasteiger partial charge is 0.481 e. The molecule has 0 saturated heterocycles. The fraction of sp³-hybridized carbons (Fsp3) is 0.375. The summed E-state index contributed by atoms with van der Waals surface area (Å²) in [6, 6.07) is 2.56. The summed E-state index contributed by atoms with van der Waals surface area (Å²) in [6.07, 6.45) is -4.95. The maximum Gasteiger partial charge on any atom is 0.425 e. The van der Waals surface area contributed by atoms with Gasteiger partial charge >= 0.3 is 6.18 Å². The van der Waals surface area contributed by atoms with Gasteiger partial charge in [-0.25, -0.2) is 4.98 Å². The molecule has 1 heterocycles. The monoisotopic (exact) mass is 206 g/mol. The topological polar surface area (TPSA) is 48.1 Å². The molecule has 0 radical (unpaired) electrons. The van der Waals surface area contributed by atoms with E-state index in [1.807, 2.05) is 0 Å². The Morgan fingerprint density at radius 3 is 2.64 bits per heavy atom. The van der Waals surface area contributed by atoms with Gasteiger partial charge in [-0.1, -0.05) is 0 Å². The predicted octanol–water partition coefficient (Wildman–Crippen LogP) is 1.99. The van der Waals surface area contributed by atoms with Crippen LogP contribution in [-0.2, 0) is 0 Å². The van der Waals surface area contributed by atoms with Crippen molar-refractivity contribution in [2.75, 3.05) is 5.73 Å². The van der Waals surface area contributed by atoms with Crippen LogP contribution in [0.5, 0.6) is 5.75 Å². The summed E-state index contributed by atoms with van der Waals surface area (Å²) in [4.78, 5) is 3.63. The van der Waals surface area contributed by atoms with Crippen LogP contribution in [0.15, 0.2) is 18.3 Å². The molecule has 14 heavy (non-hydrogen) atoms. The van der Waals surface area contributed by atoms with Crippen LogP contribution in [0.1, 0.15) is 6.92 Å². The van der Waals surface area contributed by atoms with Gasteiger partial charge < -0.3 is 10.5 Å². The Kier molecular flexibility index (Phi) is 2.83. The van der Waals surface area contributed by atoms with E-state index in [-0.39, 0.29) is 11.6 Å². The number of anilines is 1. The zero-order valence-corrected chi connectivity index (χ0v) is 7.38. The highest BCUT2D eigenvalue weighted by molar-refractivity contribution is 5.35. The number of nitrogen functional groups attached to an aromatic ring is 1. The molecule has 0 aromatic carbocycles. The molecule has 1 aromatic heterocycles. The average Bonchev–Trinajstić information content (AvgIpc) is 2.02. The second-order valence-corrected chi connectivity index (χ2v) is 2.72. The van der Waals surface area contributed by atoms with E-state index in [4.69, 9.17) is 5.73 Å². The molecule has 3 nitrogen and oxygen atoms in total. The second-order valence-electron chi connectivity index (χ2n) is 2.72. The van der Waals surface area contributed by atoms with Crippen molar-refractivity contribution in [3.63, 3.8) is 0 Å². The summed E-state index contributed by atoms with van der Waals surface area (Å²) < 4.78 is 40.8. The van der Waals surface area contributed by atoms with E-state index in [0.29, 0.717) is 0 Å². The van der Waals surface area contributed by atoms with E-state index in [1.54, 1.807) is 0 Å². The quantitative estimate of drug-likeness (QED) is 0.804. The molecule has 1 aromatic rings. The number of alkyl halides is 3. The van der Waals surface area contributed by atoms with E-state index in [2.05, 4.69) is 9.72 Å². The van der Waals surface area contributed by atoms with Crippen LogP contribution in [0.4, 0.5) is 19.0 Å². The molecule has 2 N–H and O–H groups in total. The molecule has 78 valence electrons. The summed E-state index contributed by atoms with van der Waals surface area (Å²) in [5.41, 5.74) is 5.27. The van der Waals surface area contributed by atoms with Crippen LogP contribution >= 0.6 is 0 Å². The van der Waals surface area contributed by atoms with Crippen molar-refractivity contribution in [3.8, 4) is 5.75 Å². The van der Waals surface area contributed by atoms with Crippen molar-refractivity contribution in [2.45, 2.75) is 19.2 Å². The highest BCUT2D eigenvalue weighted by Crippen LogP contribution is 2.24. The number of nitrogens with two attached hydrogens (primary N) is 1. The SMILES string of the molecule is CC(Oc1ccnc(N)c1)C(F)(F)F. The highest BCUT2D eigenvalue weighted by Gasteiger charge is 2.38. The molecule has 0 amide bonds. The van der Waals surface area contributed by atoms with Crippen LogP contribution in [-0.4, -0.2) is 17.3 Å². The van der Waals surface area contributed by atoms with Gasteiger partial charge in [0.1, 0.15) is 11.6 Å². The van der Waals surface area contributed by atoms with Gasteiger partial charge in [-0.05, 0) is 13.0 Å². The number of rotatable bonds is 2. The van der Waals surface area contributed by atoms with Crippen LogP contribution in [0, 0.1) is 0 Å². The van der Waals surface area contributed by atoms with E-state index in [0.717, 1.165) is 6.92 Å². The minimum absolute atomic E-state index is 0.0577. The summed E-state index contributed by atoms with van der Waals surface area (Å²) in [5.74, 6) is 0.180. The molecule has 0 saturated carbocycles. The molecule has 0 fully saturated rings. The van der Waals surface area contributed by atoms with Gasteiger partial charge in [-0.3, -0.25) is 0 Å². The first-order chi connectivity index (χ1) is 6.39. The molecule has 6 heteroatoms. The zero-order valence-electron chi connectivity index (χ0n) is 7.38. The smallest absolute Gasteiger partial charge is 0.425 e. The Morgan fingerprint density at radius 1 is 1.50 bits per heavy atom. The van der Waals surface area contributed by atoms with Gasteiger partial charge in [-0.15, -0.1) is 0 Å².